The Labute approximate surface area is 133 Å². The monoisotopic (exact) mass is 318 g/mol. The lowest BCUT2D eigenvalue weighted by molar-refractivity contribution is 0.252. The summed E-state index contributed by atoms with van der Waals surface area (Å²) in [7, 11) is 0. The number of hydrogen-bond acceptors (Lipinski definition) is 6. The Morgan fingerprint density at radius 3 is 2.81 bits per heavy atom. The summed E-state index contributed by atoms with van der Waals surface area (Å²) < 4.78 is 0. The van der Waals surface area contributed by atoms with Crippen molar-refractivity contribution in [3.8, 4) is 11.8 Å². The summed E-state index contributed by atoms with van der Waals surface area (Å²) in [6.07, 6.45) is 1.88. The number of hydrogen-bond donors (Lipinski definition) is 1. The summed E-state index contributed by atoms with van der Waals surface area (Å²) in [6.45, 7) is 5.71. The van der Waals surface area contributed by atoms with Crippen molar-refractivity contribution < 1.29 is 0 Å². The number of piperazine rings is 1. The second-order valence-electron chi connectivity index (χ2n) is 4.85. The highest BCUT2D eigenvalue weighted by Crippen LogP contribution is 2.21. The summed E-state index contributed by atoms with van der Waals surface area (Å²) in [5.74, 6) is 6.00. The van der Waals surface area contributed by atoms with Gasteiger partial charge in [0.1, 0.15) is 0 Å². The van der Waals surface area contributed by atoms with Gasteiger partial charge in [-0.2, -0.15) is 0 Å². The van der Waals surface area contributed by atoms with Crippen LogP contribution in [0.3, 0.4) is 0 Å². The van der Waals surface area contributed by atoms with Crippen LogP contribution < -0.4 is 10.6 Å². The molecule has 1 aliphatic rings. The maximum absolute atomic E-state index is 5.40. The van der Waals surface area contributed by atoms with Crippen molar-refractivity contribution in [2.45, 2.75) is 6.54 Å². The fourth-order valence-corrected chi connectivity index (χ4v) is 3.98. The first-order valence-electron chi connectivity index (χ1n) is 6.99. The Morgan fingerprint density at radius 2 is 2.10 bits per heavy atom. The molecule has 0 unspecified atom stereocenters. The number of thiazole rings is 1. The van der Waals surface area contributed by atoms with Gasteiger partial charge in [0, 0.05) is 49.2 Å². The second-order valence-corrected chi connectivity index (χ2v) is 6.89. The lowest BCUT2D eigenvalue weighted by Crippen LogP contribution is -2.45. The van der Waals surface area contributed by atoms with E-state index in [4.69, 9.17) is 5.73 Å². The van der Waals surface area contributed by atoms with Crippen LogP contribution in [0.25, 0.3) is 0 Å². The lowest BCUT2D eigenvalue weighted by Gasteiger charge is -2.34. The van der Waals surface area contributed by atoms with Crippen LogP contribution in [0.2, 0.25) is 0 Å². The number of nitrogens with zero attached hydrogens (tertiary/aromatic N) is 3. The molecule has 1 saturated heterocycles. The third-order valence-corrected chi connectivity index (χ3v) is 5.23. The summed E-state index contributed by atoms with van der Waals surface area (Å²) >= 11 is 3.49. The fourth-order valence-electron chi connectivity index (χ4n) is 2.36. The molecule has 3 rings (SSSR count). The molecule has 0 aromatic carbocycles. The highest BCUT2D eigenvalue weighted by atomic mass is 32.1. The fraction of sp³-hybridized carbons (Fsp3) is 0.400. The molecule has 21 heavy (non-hydrogen) atoms. The van der Waals surface area contributed by atoms with Crippen molar-refractivity contribution >= 4 is 27.8 Å². The molecule has 2 aromatic rings. The highest BCUT2D eigenvalue weighted by molar-refractivity contribution is 7.13. The topological polar surface area (TPSA) is 45.4 Å². The molecule has 1 aliphatic heterocycles. The van der Waals surface area contributed by atoms with Crippen molar-refractivity contribution in [2.75, 3.05) is 37.6 Å². The summed E-state index contributed by atoms with van der Waals surface area (Å²) in [4.78, 5) is 11.7. The Balaban J connectivity index is 1.52. The van der Waals surface area contributed by atoms with Crippen molar-refractivity contribution in [3.05, 3.63) is 33.5 Å². The first kappa shape index (κ1) is 14.5. The zero-order valence-electron chi connectivity index (χ0n) is 11.8. The number of rotatable bonds is 3. The lowest BCUT2D eigenvalue weighted by atomic mass is 10.3. The minimum absolute atomic E-state index is 0.423. The van der Waals surface area contributed by atoms with E-state index in [1.54, 1.807) is 22.7 Å². The Kier molecular flexibility index (Phi) is 4.88. The molecule has 6 heteroatoms. The van der Waals surface area contributed by atoms with Gasteiger partial charge >= 0.3 is 0 Å². The zero-order chi connectivity index (χ0) is 14.5. The number of nitrogens with two attached hydrogens (primary N) is 1. The molecule has 0 radical (unpaired) electrons. The molecular formula is C15H18N4S2. The molecule has 1 fully saturated rings. The molecule has 0 amide bonds. The van der Waals surface area contributed by atoms with E-state index < -0.39 is 0 Å². The molecule has 110 valence electrons. The third kappa shape index (κ3) is 3.83. The molecule has 2 N–H and O–H groups in total. The summed E-state index contributed by atoms with van der Waals surface area (Å²) in [5, 5.41) is 3.18. The molecule has 4 nitrogen and oxygen atoms in total. The Morgan fingerprint density at radius 1 is 1.24 bits per heavy atom. The van der Waals surface area contributed by atoms with Crippen LogP contribution >= 0.6 is 22.7 Å². The summed E-state index contributed by atoms with van der Waals surface area (Å²) in [6, 6.07) is 4.27. The molecular weight excluding hydrogens is 300 g/mol. The van der Waals surface area contributed by atoms with E-state index in [9.17, 15) is 0 Å². The van der Waals surface area contributed by atoms with Gasteiger partial charge in [-0.3, -0.25) is 4.90 Å². The van der Waals surface area contributed by atoms with Crippen molar-refractivity contribution in [3.63, 3.8) is 0 Å². The number of aromatic nitrogens is 1. The van der Waals surface area contributed by atoms with Gasteiger partial charge in [-0.1, -0.05) is 11.8 Å². The minimum atomic E-state index is 0.423. The van der Waals surface area contributed by atoms with Gasteiger partial charge in [-0.25, -0.2) is 4.98 Å². The average Bonchev–Trinajstić information content (AvgIpc) is 3.17. The van der Waals surface area contributed by atoms with Crippen molar-refractivity contribution in [1.29, 1.82) is 0 Å². The van der Waals surface area contributed by atoms with Gasteiger partial charge in [0.25, 0.3) is 0 Å². The second kappa shape index (κ2) is 7.05. The van der Waals surface area contributed by atoms with E-state index in [0.29, 0.717) is 6.54 Å². The normalized spacial score (nSPS) is 15.8. The molecule has 0 spiro atoms. The molecule has 0 saturated carbocycles. The zero-order valence-corrected chi connectivity index (χ0v) is 13.4. The standard InChI is InChI=1S/C15H18N4S2/c16-5-1-2-13-3-4-14(21-13)12-18-7-9-19(10-8-18)15-17-6-11-20-15/h3-4,6,11H,5,7-10,12,16H2. The minimum Gasteiger partial charge on any atom is -0.346 e. The predicted octanol–water partition coefficient (Wildman–Crippen LogP) is 1.84. The van der Waals surface area contributed by atoms with Gasteiger partial charge in [0.15, 0.2) is 5.13 Å². The van der Waals surface area contributed by atoms with E-state index in [-0.39, 0.29) is 0 Å². The van der Waals surface area contributed by atoms with Gasteiger partial charge in [0.05, 0.1) is 11.4 Å². The number of thiophene rings is 1. The SMILES string of the molecule is NCC#Cc1ccc(CN2CCN(c3nccs3)CC2)s1. The summed E-state index contributed by atoms with van der Waals surface area (Å²) in [5.41, 5.74) is 5.40. The van der Waals surface area contributed by atoms with Crippen LogP contribution in [0.15, 0.2) is 23.7 Å². The van der Waals surface area contributed by atoms with E-state index in [0.717, 1.165) is 42.7 Å². The third-order valence-electron chi connectivity index (χ3n) is 3.42. The van der Waals surface area contributed by atoms with Crippen LogP contribution in [0.4, 0.5) is 5.13 Å². The van der Waals surface area contributed by atoms with E-state index >= 15 is 0 Å². The Bertz CT molecular complexity index is 616. The van der Waals surface area contributed by atoms with Crippen LogP contribution in [0.5, 0.6) is 0 Å². The maximum Gasteiger partial charge on any atom is 0.185 e. The van der Waals surface area contributed by atoms with Crippen LogP contribution in [-0.4, -0.2) is 42.6 Å². The highest BCUT2D eigenvalue weighted by Gasteiger charge is 2.18. The van der Waals surface area contributed by atoms with Gasteiger partial charge in [-0.15, -0.1) is 22.7 Å². The molecule has 0 atom stereocenters. The van der Waals surface area contributed by atoms with Crippen molar-refractivity contribution in [2.24, 2.45) is 5.73 Å². The number of anilines is 1. The van der Waals surface area contributed by atoms with E-state index in [2.05, 4.69) is 38.8 Å². The van der Waals surface area contributed by atoms with E-state index in [1.165, 1.54) is 4.88 Å². The van der Waals surface area contributed by atoms with Crippen LogP contribution in [0.1, 0.15) is 9.75 Å². The average molecular weight is 318 g/mol. The smallest absolute Gasteiger partial charge is 0.185 e. The predicted molar refractivity (Wildman–Crippen MR) is 89.9 cm³/mol. The van der Waals surface area contributed by atoms with Crippen LogP contribution in [-0.2, 0) is 6.54 Å². The molecule has 2 aromatic heterocycles. The van der Waals surface area contributed by atoms with Crippen molar-refractivity contribution in [1.82, 2.24) is 9.88 Å². The Hall–Kier alpha value is -1.39. The molecule has 0 bridgehead atoms. The van der Waals surface area contributed by atoms with Gasteiger partial charge < -0.3 is 10.6 Å². The molecule has 3 heterocycles. The maximum atomic E-state index is 5.40. The largest absolute Gasteiger partial charge is 0.346 e. The van der Waals surface area contributed by atoms with Gasteiger partial charge in [-0.05, 0) is 12.1 Å². The first-order chi connectivity index (χ1) is 10.3. The van der Waals surface area contributed by atoms with Crippen LogP contribution in [0, 0.1) is 11.8 Å². The van der Waals surface area contributed by atoms with E-state index in [1.807, 2.05) is 11.6 Å². The quantitative estimate of drug-likeness (QED) is 0.877. The first-order valence-corrected chi connectivity index (χ1v) is 8.69. The molecule has 0 aliphatic carbocycles. The van der Waals surface area contributed by atoms with Gasteiger partial charge in [0.2, 0.25) is 0 Å².